The molecule has 0 radical (unpaired) electrons. The largest absolute Gasteiger partial charge is 0.493 e. The SMILES string of the molecule is C=CCOC(=O)c1c(C)[nH+]c2c(c1-c1ccc(OC)c(OC)c1)c(=O)n(C)c(=O)n2C. The number of hydrogen-bond acceptors (Lipinski definition) is 6. The standard InChI is InChI=1S/C22H23N3O6/c1-7-10-31-21(27)16-12(2)23-19-18(20(26)25(4)22(28)24(19)3)17(16)13-8-9-14(29-5)15(11-13)30-6/h7-9,11H,1,10H2,2-6H3/p+1. The second-order valence-corrected chi connectivity index (χ2v) is 6.89. The first-order valence-corrected chi connectivity index (χ1v) is 9.42. The zero-order valence-electron chi connectivity index (χ0n) is 18.1. The summed E-state index contributed by atoms with van der Waals surface area (Å²) in [6, 6.07) is 5.06. The third kappa shape index (κ3) is 3.58. The van der Waals surface area contributed by atoms with Gasteiger partial charge in [-0.05, 0) is 24.6 Å². The summed E-state index contributed by atoms with van der Waals surface area (Å²) < 4.78 is 18.3. The Bertz CT molecular complexity index is 1320. The Morgan fingerprint density at radius 1 is 1.13 bits per heavy atom. The number of rotatable bonds is 6. The second-order valence-electron chi connectivity index (χ2n) is 6.89. The lowest BCUT2D eigenvalue weighted by molar-refractivity contribution is -0.359. The Hall–Kier alpha value is -3.88. The molecule has 3 aromatic rings. The molecule has 9 heteroatoms. The molecule has 0 atom stereocenters. The summed E-state index contributed by atoms with van der Waals surface area (Å²) in [5, 5.41) is 0.174. The van der Waals surface area contributed by atoms with Crippen LogP contribution >= 0.6 is 0 Å². The quantitative estimate of drug-likeness (QED) is 0.436. The van der Waals surface area contributed by atoms with E-state index in [4.69, 9.17) is 14.2 Å². The molecule has 0 aliphatic heterocycles. The molecule has 0 aliphatic carbocycles. The Morgan fingerprint density at radius 2 is 1.81 bits per heavy atom. The predicted octanol–water partition coefficient (Wildman–Crippen LogP) is 1.39. The van der Waals surface area contributed by atoms with Crippen LogP contribution in [-0.2, 0) is 18.8 Å². The summed E-state index contributed by atoms with van der Waals surface area (Å²) in [5.74, 6) is 0.285. The number of aryl methyl sites for hydroxylation is 2. The molecule has 162 valence electrons. The monoisotopic (exact) mass is 426 g/mol. The van der Waals surface area contributed by atoms with E-state index in [2.05, 4.69) is 11.6 Å². The van der Waals surface area contributed by atoms with Gasteiger partial charge >= 0.3 is 11.7 Å². The van der Waals surface area contributed by atoms with Gasteiger partial charge in [-0.15, -0.1) is 0 Å². The summed E-state index contributed by atoms with van der Waals surface area (Å²) in [7, 11) is 5.94. The van der Waals surface area contributed by atoms with Gasteiger partial charge in [-0.25, -0.2) is 19.1 Å². The molecule has 0 fully saturated rings. The lowest BCUT2D eigenvalue weighted by atomic mass is 9.95. The highest BCUT2D eigenvalue weighted by molar-refractivity contribution is 6.06. The summed E-state index contributed by atoms with van der Waals surface area (Å²) in [6.07, 6.45) is 1.46. The Kier molecular flexibility index (Phi) is 5.96. The molecule has 1 N–H and O–H groups in total. The van der Waals surface area contributed by atoms with Gasteiger partial charge in [0.2, 0.25) is 0 Å². The van der Waals surface area contributed by atoms with Crippen LogP contribution in [-0.4, -0.2) is 35.9 Å². The van der Waals surface area contributed by atoms with Crippen molar-refractivity contribution < 1.29 is 24.0 Å². The zero-order valence-corrected chi connectivity index (χ0v) is 18.1. The van der Waals surface area contributed by atoms with Crippen molar-refractivity contribution >= 4 is 17.0 Å². The molecule has 31 heavy (non-hydrogen) atoms. The molecule has 0 unspecified atom stereocenters. The van der Waals surface area contributed by atoms with Gasteiger partial charge in [0.1, 0.15) is 23.3 Å². The molecule has 0 amide bonds. The fourth-order valence-corrected chi connectivity index (χ4v) is 3.51. The van der Waals surface area contributed by atoms with E-state index in [1.807, 2.05) is 0 Å². The molecule has 0 spiro atoms. The minimum Gasteiger partial charge on any atom is -0.493 e. The third-order valence-electron chi connectivity index (χ3n) is 5.05. The van der Waals surface area contributed by atoms with Crippen LogP contribution in [0.3, 0.4) is 0 Å². The van der Waals surface area contributed by atoms with E-state index in [0.29, 0.717) is 28.3 Å². The lowest BCUT2D eigenvalue weighted by Gasteiger charge is -2.15. The van der Waals surface area contributed by atoms with Crippen LogP contribution in [0.25, 0.3) is 22.2 Å². The first-order chi connectivity index (χ1) is 14.8. The summed E-state index contributed by atoms with van der Waals surface area (Å²) in [4.78, 5) is 41.6. The highest BCUT2D eigenvalue weighted by atomic mass is 16.5. The van der Waals surface area contributed by atoms with Crippen molar-refractivity contribution in [2.45, 2.75) is 6.92 Å². The highest BCUT2D eigenvalue weighted by Crippen LogP contribution is 2.36. The number of fused-ring (bicyclic) bond motifs is 1. The average molecular weight is 426 g/mol. The number of pyridine rings is 1. The maximum atomic E-state index is 13.2. The number of ether oxygens (including phenoxy) is 3. The van der Waals surface area contributed by atoms with Crippen LogP contribution in [0.5, 0.6) is 11.5 Å². The van der Waals surface area contributed by atoms with Gasteiger partial charge in [0, 0.05) is 12.6 Å². The molecule has 3 rings (SSSR count). The van der Waals surface area contributed by atoms with Crippen molar-refractivity contribution in [3.05, 3.63) is 62.9 Å². The van der Waals surface area contributed by atoms with Crippen LogP contribution < -0.4 is 25.7 Å². The van der Waals surface area contributed by atoms with E-state index in [1.54, 1.807) is 32.2 Å². The van der Waals surface area contributed by atoms with Crippen LogP contribution in [0.2, 0.25) is 0 Å². The molecule has 0 aliphatic rings. The molecule has 9 nitrogen and oxygen atoms in total. The summed E-state index contributed by atoms with van der Waals surface area (Å²) in [6.45, 7) is 5.24. The molecule has 2 heterocycles. The van der Waals surface area contributed by atoms with Gasteiger partial charge in [0.05, 0.1) is 21.3 Å². The zero-order chi connectivity index (χ0) is 22.9. The van der Waals surface area contributed by atoms with E-state index in [0.717, 1.165) is 4.57 Å². The number of nitrogens with one attached hydrogen (secondary N) is 1. The third-order valence-corrected chi connectivity index (χ3v) is 5.05. The molecule has 0 bridgehead atoms. The van der Waals surface area contributed by atoms with Crippen molar-refractivity contribution in [1.82, 2.24) is 9.13 Å². The molecular formula is C22H24N3O6+. The molecule has 0 saturated carbocycles. The number of carbonyl (C=O) groups excluding carboxylic acids is 1. The number of benzene rings is 1. The van der Waals surface area contributed by atoms with E-state index < -0.39 is 17.2 Å². The molecular weight excluding hydrogens is 402 g/mol. The summed E-state index contributed by atoms with van der Waals surface area (Å²) in [5.41, 5.74) is 0.728. The van der Waals surface area contributed by atoms with Crippen molar-refractivity contribution in [3.8, 4) is 22.6 Å². The van der Waals surface area contributed by atoms with Gasteiger partial charge in [-0.3, -0.25) is 4.79 Å². The maximum absolute atomic E-state index is 13.2. The van der Waals surface area contributed by atoms with Gasteiger partial charge in [-0.2, -0.15) is 4.57 Å². The number of aromatic nitrogens is 3. The van der Waals surface area contributed by atoms with Gasteiger partial charge in [0.15, 0.2) is 11.5 Å². The number of aromatic amines is 1. The van der Waals surface area contributed by atoms with E-state index in [1.165, 1.54) is 31.9 Å². The van der Waals surface area contributed by atoms with Crippen molar-refractivity contribution in [1.29, 1.82) is 0 Å². The van der Waals surface area contributed by atoms with Crippen molar-refractivity contribution in [2.75, 3.05) is 20.8 Å². The fourth-order valence-electron chi connectivity index (χ4n) is 3.51. The maximum Gasteiger partial charge on any atom is 0.417 e. The van der Waals surface area contributed by atoms with Gasteiger partial charge < -0.3 is 14.2 Å². The Labute approximate surface area is 178 Å². The predicted molar refractivity (Wildman–Crippen MR) is 115 cm³/mol. The lowest BCUT2D eigenvalue weighted by Crippen LogP contribution is -2.40. The number of hydrogen-bond donors (Lipinski definition) is 0. The van der Waals surface area contributed by atoms with E-state index in [9.17, 15) is 14.4 Å². The summed E-state index contributed by atoms with van der Waals surface area (Å²) >= 11 is 0. The Balaban J connectivity index is 2.54. The number of H-pyrrole nitrogens is 1. The molecule has 2 aromatic heterocycles. The second kappa shape index (κ2) is 8.47. The van der Waals surface area contributed by atoms with Crippen LogP contribution in [0.15, 0.2) is 40.4 Å². The number of carbonyl (C=O) groups is 1. The normalized spacial score (nSPS) is 10.7. The number of nitrogens with zero attached hydrogens (tertiary/aromatic N) is 2. The van der Waals surface area contributed by atoms with Crippen LogP contribution in [0.1, 0.15) is 16.1 Å². The van der Waals surface area contributed by atoms with Gasteiger partial charge in [-0.1, -0.05) is 18.7 Å². The number of methoxy groups -OCH3 is 2. The first kappa shape index (κ1) is 21.8. The van der Waals surface area contributed by atoms with E-state index in [-0.39, 0.29) is 23.2 Å². The van der Waals surface area contributed by atoms with Crippen LogP contribution in [0, 0.1) is 6.92 Å². The van der Waals surface area contributed by atoms with Crippen LogP contribution in [0.4, 0.5) is 0 Å². The smallest absolute Gasteiger partial charge is 0.417 e. The minimum atomic E-state index is -0.628. The molecule has 0 saturated heterocycles. The topological polar surface area (TPSA) is 103 Å². The average Bonchev–Trinajstić information content (AvgIpc) is 2.78. The minimum absolute atomic E-state index is 0.00691. The van der Waals surface area contributed by atoms with Gasteiger partial charge in [0.25, 0.3) is 11.2 Å². The van der Waals surface area contributed by atoms with E-state index >= 15 is 0 Å². The highest BCUT2D eigenvalue weighted by Gasteiger charge is 2.29. The van der Waals surface area contributed by atoms with Crippen molar-refractivity contribution in [2.24, 2.45) is 14.1 Å². The first-order valence-electron chi connectivity index (χ1n) is 9.42. The number of esters is 1. The Morgan fingerprint density at radius 3 is 2.42 bits per heavy atom. The fraction of sp³-hybridized carbons (Fsp3) is 0.273. The van der Waals surface area contributed by atoms with Crippen molar-refractivity contribution in [3.63, 3.8) is 0 Å². The molecule has 1 aromatic carbocycles.